The monoisotopic (exact) mass is 378 g/mol. The first-order chi connectivity index (χ1) is 12.3. The van der Waals surface area contributed by atoms with Crippen LogP contribution in [-0.4, -0.2) is 39.3 Å². The summed E-state index contributed by atoms with van der Waals surface area (Å²) in [5.41, 5.74) is 1.47. The molecular formula is C19H26N2O4S. The molecule has 142 valence electrons. The van der Waals surface area contributed by atoms with E-state index < -0.39 is 16.1 Å². The van der Waals surface area contributed by atoms with Crippen molar-refractivity contribution in [1.29, 1.82) is 0 Å². The lowest BCUT2D eigenvalue weighted by atomic mass is 9.95. The van der Waals surface area contributed by atoms with Gasteiger partial charge in [0.25, 0.3) is 5.91 Å². The predicted molar refractivity (Wildman–Crippen MR) is 99.8 cm³/mol. The van der Waals surface area contributed by atoms with Crippen LogP contribution in [0.3, 0.4) is 0 Å². The Morgan fingerprint density at radius 2 is 2.04 bits per heavy atom. The highest BCUT2D eigenvalue weighted by molar-refractivity contribution is 7.92. The Balaban J connectivity index is 1.54. The summed E-state index contributed by atoms with van der Waals surface area (Å²) in [5.74, 6) is 1.68. The van der Waals surface area contributed by atoms with E-state index in [0.29, 0.717) is 23.8 Å². The van der Waals surface area contributed by atoms with Gasteiger partial charge in [-0.2, -0.15) is 0 Å². The van der Waals surface area contributed by atoms with Gasteiger partial charge in [0.05, 0.1) is 11.9 Å². The lowest BCUT2D eigenvalue weighted by Gasteiger charge is -2.25. The minimum absolute atomic E-state index is 0.121. The van der Waals surface area contributed by atoms with Crippen LogP contribution in [0.2, 0.25) is 0 Å². The number of nitrogens with zero attached hydrogens (tertiary/aromatic N) is 1. The predicted octanol–water partition coefficient (Wildman–Crippen LogP) is 2.22. The molecule has 0 saturated heterocycles. The van der Waals surface area contributed by atoms with Crippen molar-refractivity contribution in [2.24, 2.45) is 11.8 Å². The number of aryl methyl sites for hydroxylation is 1. The molecule has 1 aromatic carbocycles. The van der Waals surface area contributed by atoms with E-state index in [9.17, 15) is 13.2 Å². The van der Waals surface area contributed by atoms with Gasteiger partial charge in [0.2, 0.25) is 10.0 Å². The van der Waals surface area contributed by atoms with Crippen molar-refractivity contribution < 1.29 is 17.9 Å². The number of fused-ring (bicyclic) bond motifs is 3. The molecule has 1 amide bonds. The molecule has 4 rings (SSSR count). The quantitative estimate of drug-likeness (QED) is 0.875. The highest BCUT2D eigenvalue weighted by atomic mass is 32.2. The lowest BCUT2D eigenvalue weighted by Crippen LogP contribution is -2.46. The maximum atomic E-state index is 12.8. The fourth-order valence-corrected chi connectivity index (χ4v) is 5.65. The first kappa shape index (κ1) is 17.6. The number of carbonyl (C=O) groups is 1. The Morgan fingerprint density at radius 1 is 1.23 bits per heavy atom. The summed E-state index contributed by atoms with van der Waals surface area (Å²) in [6.45, 7) is 2.15. The van der Waals surface area contributed by atoms with E-state index in [1.54, 1.807) is 12.1 Å². The number of amides is 1. The molecule has 4 atom stereocenters. The number of nitrogens with one attached hydrogen (secondary N) is 1. The zero-order chi connectivity index (χ0) is 18.5. The summed E-state index contributed by atoms with van der Waals surface area (Å²) in [7, 11) is -3.44. The molecule has 7 heteroatoms. The molecule has 0 unspecified atom stereocenters. The van der Waals surface area contributed by atoms with Gasteiger partial charge in [0.15, 0.2) is 6.10 Å². The maximum Gasteiger partial charge on any atom is 0.261 e. The number of rotatable bonds is 3. The van der Waals surface area contributed by atoms with Gasteiger partial charge in [0, 0.05) is 19.0 Å². The molecule has 0 radical (unpaired) electrons. The number of carbonyl (C=O) groups excluding carboxylic acids is 1. The van der Waals surface area contributed by atoms with Crippen LogP contribution >= 0.6 is 0 Å². The second-order valence-corrected chi connectivity index (χ2v) is 9.90. The van der Waals surface area contributed by atoms with E-state index in [2.05, 4.69) is 5.32 Å². The number of hydrogen-bond acceptors (Lipinski definition) is 4. The minimum Gasteiger partial charge on any atom is -0.478 e. The summed E-state index contributed by atoms with van der Waals surface area (Å²) >= 11 is 0. The van der Waals surface area contributed by atoms with Gasteiger partial charge in [-0.15, -0.1) is 0 Å². The van der Waals surface area contributed by atoms with E-state index in [4.69, 9.17) is 4.74 Å². The summed E-state index contributed by atoms with van der Waals surface area (Å²) in [4.78, 5) is 12.8. The third kappa shape index (κ3) is 3.29. The molecule has 2 fully saturated rings. The highest BCUT2D eigenvalue weighted by Crippen LogP contribution is 2.44. The zero-order valence-corrected chi connectivity index (χ0v) is 16.1. The Hall–Kier alpha value is -1.76. The second-order valence-electron chi connectivity index (χ2n) is 7.99. The van der Waals surface area contributed by atoms with Crippen LogP contribution in [0.1, 0.15) is 37.7 Å². The SMILES string of the molecule is Cc1ccc2c(c1)N(S(C)(=O)=O)CC[C@H](C(=O)N[C@@H]1C[C@H]3CC[C@H]1C3)O2. The molecule has 1 heterocycles. The maximum absolute atomic E-state index is 12.8. The molecule has 2 saturated carbocycles. The number of sulfonamides is 1. The average Bonchev–Trinajstić information content (AvgIpc) is 3.11. The van der Waals surface area contributed by atoms with Gasteiger partial charge in [-0.25, -0.2) is 8.42 Å². The molecular weight excluding hydrogens is 352 g/mol. The third-order valence-corrected chi connectivity index (χ3v) is 7.19. The topological polar surface area (TPSA) is 75.7 Å². The average molecular weight is 378 g/mol. The van der Waals surface area contributed by atoms with Gasteiger partial charge in [0.1, 0.15) is 5.75 Å². The molecule has 0 spiro atoms. The van der Waals surface area contributed by atoms with E-state index >= 15 is 0 Å². The Kier molecular flexibility index (Phi) is 4.37. The summed E-state index contributed by atoms with van der Waals surface area (Å²) < 4.78 is 31.8. The highest BCUT2D eigenvalue weighted by Gasteiger charge is 2.41. The number of hydrogen-bond donors (Lipinski definition) is 1. The molecule has 2 aliphatic carbocycles. The van der Waals surface area contributed by atoms with Crippen LogP contribution < -0.4 is 14.4 Å². The smallest absolute Gasteiger partial charge is 0.261 e. The Bertz CT molecular complexity index is 823. The van der Waals surface area contributed by atoms with Crippen LogP contribution in [0.4, 0.5) is 5.69 Å². The molecule has 1 aliphatic heterocycles. The van der Waals surface area contributed by atoms with Crippen LogP contribution in [0, 0.1) is 18.8 Å². The van der Waals surface area contributed by atoms with Crippen molar-refractivity contribution >= 4 is 21.6 Å². The molecule has 0 aromatic heterocycles. The number of benzene rings is 1. The Morgan fingerprint density at radius 3 is 2.69 bits per heavy atom. The zero-order valence-electron chi connectivity index (χ0n) is 15.3. The van der Waals surface area contributed by atoms with Crippen LogP contribution in [0.5, 0.6) is 5.75 Å². The Labute approximate surface area is 155 Å². The van der Waals surface area contributed by atoms with E-state index in [1.165, 1.54) is 29.8 Å². The van der Waals surface area contributed by atoms with E-state index in [-0.39, 0.29) is 18.5 Å². The third-order valence-electron chi connectivity index (χ3n) is 6.01. The van der Waals surface area contributed by atoms with E-state index in [0.717, 1.165) is 17.9 Å². The molecule has 26 heavy (non-hydrogen) atoms. The lowest BCUT2D eigenvalue weighted by molar-refractivity contribution is -0.129. The van der Waals surface area contributed by atoms with Gasteiger partial charge >= 0.3 is 0 Å². The van der Waals surface area contributed by atoms with Crippen molar-refractivity contribution in [2.45, 2.75) is 51.2 Å². The van der Waals surface area contributed by atoms with Crippen molar-refractivity contribution in [2.75, 3.05) is 17.1 Å². The van der Waals surface area contributed by atoms with Gasteiger partial charge < -0.3 is 10.1 Å². The number of anilines is 1. The van der Waals surface area contributed by atoms with Gasteiger partial charge in [-0.1, -0.05) is 12.5 Å². The fraction of sp³-hybridized carbons (Fsp3) is 0.632. The van der Waals surface area contributed by atoms with E-state index in [1.807, 2.05) is 13.0 Å². The minimum atomic E-state index is -3.44. The second kappa shape index (κ2) is 6.44. The van der Waals surface area contributed by atoms with Crippen LogP contribution in [-0.2, 0) is 14.8 Å². The van der Waals surface area contributed by atoms with Crippen LogP contribution in [0.15, 0.2) is 18.2 Å². The molecule has 1 N–H and O–H groups in total. The van der Waals surface area contributed by atoms with Crippen molar-refractivity contribution in [3.05, 3.63) is 23.8 Å². The standard InChI is InChI=1S/C19H26N2O4S/c1-12-3-6-17-16(9-12)21(26(2,23)24)8-7-18(25-17)19(22)20-15-11-13-4-5-14(15)10-13/h3,6,9,13-15,18H,4-5,7-8,10-11H2,1-2H3,(H,20,22)/t13-,14-,15+,18+/m0/s1. The normalized spacial score (nSPS) is 30.5. The summed E-state index contributed by atoms with van der Waals surface area (Å²) in [6, 6.07) is 5.67. The molecule has 1 aromatic rings. The molecule has 6 nitrogen and oxygen atoms in total. The molecule has 3 aliphatic rings. The number of ether oxygens (including phenoxy) is 1. The van der Waals surface area contributed by atoms with Gasteiger partial charge in [-0.3, -0.25) is 9.10 Å². The van der Waals surface area contributed by atoms with Crippen molar-refractivity contribution in [3.63, 3.8) is 0 Å². The largest absolute Gasteiger partial charge is 0.478 e. The summed E-state index contributed by atoms with van der Waals surface area (Å²) in [5, 5.41) is 3.17. The first-order valence-electron chi connectivity index (χ1n) is 9.36. The summed E-state index contributed by atoms with van der Waals surface area (Å²) in [6.07, 6.45) is 5.64. The van der Waals surface area contributed by atoms with Crippen molar-refractivity contribution in [3.8, 4) is 5.75 Å². The molecule has 2 bridgehead atoms. The van der Waals surface area contributed by atoms with Crippen LogP contribution in [0.25, 0.3) is 0 Å². The fourth-order valence-electron chi connectivity index (χ4n) is 4.72. The van der Waals surface area contributed by atoms with Gasteiger partial charge in [-0.05, 0) is 55.7 Å². The van der Waals surface area contributed by atoms with Crippen molar-refractivity contribution in [1.82, 2.24) is 5.32 Å². The first-order valence-corrected chi connectivity index (χ1v) is 11.2.